The number of aliphatic hydroxyl groups is 2. The maximum Gasteiger partial charge on any atom is 0.410 e. The molecule has 3 heterocycles. The quantitative estimate of drug-likeness (QED) is 0.314. The molecule has 2 spiro atoms. The van der Waals surface area contributed by atoms with E-state index in [1.54, 1.807) is 13.8 Å². The number of likely N-dealkylation sites (tertiary alicyclic amines) is 1. The van der Waals surface area contributed by atoms with E-state index in [1.165, 1.54) is 38.5 Å². The molecule has 0 bridgehead atoms. The fraction of sp³-hybridized carbons (Fsp3) is 0.976. The number of carbonyl (C=O) groups excluding carboxylic acids is 1. The first-order chi connectivity index (χ1) is 23.9. The molecular formula is C42H72N2O7. The van der Waals surface area contributed by atoms with E-state index < -0.39 is 17.3 Å². The monoisotopic (exact) mass is 717 g/mol. The predicted molar refractivity (Wildman–Crippen MR) is 197 cm³/mol. The van der Waals surface area contributed by atoms with Crippen molar-refractivity contribution in [3.8, 4) is 0 Å². The smallest absolute Gasteiger partial charge is 0.410 e. The zero-order valence-corrected chi connectivity index (χ0v) is 33.7. The van der Waals surface area contributed by atoms with Crippen molar-refractivity contribution in [1.29, 1.82) is 0 Å². The van der Waals surface area contributed by atoms with Gasteiger partial charge in [0.15, 0.2) is 6.29 Å². The van der Waals surface area contributed by atoms with Gasteiger partial charge in [-0.3, -0.25) is 4.90 Å². The Balaban J connectivity index is 0.00000200. The van der Waals surface area contributed by atoms with Crippen molar-refractivity contribution in [3.63, 3.8) is 0 Å². The van der Waals surface area contributed by atoms with Crippen molar-refractivity contribution in [2.24, 2.45) is 45.3 Å². The maximum atomic E-state index is 12.5. The molecule has 5 saturated carbocycles. The highest BCUT2D eigenvalue weighted by Gasteiger charge is 2.80. The molecule has 8 rings (SSSR count). The molecule has 9 unspecified atom stereocenters. The molecule has 292 valence electrons. The van der Waals surface area contributed by atoms with E-state index in [0.717, 1.165) is 44.7 Å². The van der Waals surface area contributed by atoms with E-state index in [9.17, 15) is 15.0 Å². The number of nitrogens with zero attached hydrogens (tertiary/aromatic N) is 2. The first-order valence-corrected chi connectivity index (χ1v) is 20.9. The number of carbonyl (C=O) groups is 1. The average Bonchev–Trinajstić information content (AvgIpc) is 3.61. The standard InChI is InChI=1S/C40H66N2O7.C2H6/c1-35(2,3)49-34(44)42-20-24(21-42)41-17-18-46-32(22-41)48-31-13-14-40-23-39(40)16-15-38(8)26-9-11-28(33(43)37(6,7)45)47-29(26)19-27(38)25(39)10-12-30(40)36(31,4)5;1-2/h24-33,43,45H,9-23H2,1-8H3;1-2H3/t25?,26?,27?,28?,29?,30?,31?,32?,33-,38?,39-,40+;/m0./s1. The van der Waals surface area contributed by atoms with Crippen LogP contribution in [0.25, 0.3) is 0 Å². The lowest BCUT2D eigenvalue weighted by atomic mass is 9.46. The lowest BCUT2D eigenvalue weighted by molar-refractivity contribution is -0.250. The van der Waals surface area contributed by atoms with Crippen LogP contribution >= 0.6 is 0 Å². The Hall–Kier alpha value is -0.970. The van der Waals surface area contributed by atoms with E-state index in [2.05, 4.69) is 25.7 Å². The second kappa shape index (κ2) is 13.1. The van der Waals surface area contributed by atoms with Gasteiger partial charge in [-0.2, -0.15) is 0 Å². The summed E-state index contributed by atoms with van der Waals surface area (Å²) < 4.78 is 25.5. The predicted octanol–water partition coefficient (Wildman–Crippen LogP) is 7.01. The fourth-order valence-electron chi connectivity index (χ4n) is 13.6. The van der Waals surface area contributed by atoms with E-state index in [-0.39, 0.29) is 36.1 Å². The van der Waals surface area contributed by atoms with Gasteiger partial charge in [-0.05, 0) is 144 Å². The van der Waals surface area contributed by atoms with Gasteiger partial charge in [-0.1, -0.05) is 34.6 Å². The zero-order valence-electron chi connectivity index (χ0n) is 33.7. The summed E-state index contributed by atoms with van der Waals surface area (Å²) in [5.74, 6) is 2.73. The van der Waals surface area contributed by atoms with Crippen molar-refractivity contribution >= 4 is 6.09 Å². The molecule has 8 aliphatic rings. The van der Waals surface area contributed by atoms with Crippen LogP contribution in [0.5, 0.6) is 0 Å². The first-order valence-electron chi connectivity index (χ1n) is 20.9. The summed E-state index contributed by atoms with van der Waals surface area (Å²) in [6.45, 7) is 24.5. The van der Waals surface area contributed by atoms with E-state index in [4.69, 9.17) is 18.9 Å². The molecule has 0 radical (unpaired) electrons. The molecule has 0 aromatic carbocycles. The number of amides is 1. The Kier molecular flexibility index (Phi) is 9.82. The molecular weight excluding hydrogens is 644 g/mol. The second-order valence-corrected chi connectivity index (χ2v) is 20.4. The molecule has 2 N–H and O–H groups in total. The molecule has 9 heteroatoms. The minimum Gasteiger partial charge on any atom is -0.444 e. The van der Waals surface area contributed by atoms with Gasteiger partial charge in [-0.15, -0.1) is 0 Å². The molecule has 0 aromatic rings. The fourth-order valence-corrected chi connectivity index (χ4v) is 13.6. The highest BCUT2D eigenvalue weighted by atomic mass is 16.7. The maximum absolute atomic E-state index is 12.5. The number of ether oxygens (including phenoxy) is 4. The second-order valence-electron chi connectivity index (χ2n) is 20.4. The lowest BCUT2D eigenvalue weighted by Crippen LogP contribution is -2.64. The van der Waals surface area contributed by atoms with Gasteiger partial charge in [0, 0.05) is 25.7 Å². The summed E-state index contributed by atoms with van der Waals surface area (Å²) in [7, 11) is 0. The third-order valence-corrected chi connectivity index (χ3v) is 16.0. The zero-order chi connectivity index (χ0) is 36.9. The van der Waals surface area contributed by atoms with E-state index >= 15 is 0 Å². The molecule has 3 aliphatic heterocycles. The molecule has 9 nitrogen and oxygen atoms in total. The van der Waals surface area contributed by atoms with Crippen molar-refractivity contribution in [2.75, 3.05) is 32.8 Å². The van der Waals surface area contributed by atoms with Gasteiger partial charge in [0.2, 0.25) is 0 Å². The Morgan fingerprint density at radius 1 is 0.882 bits per heavy atom. The average molecular weight is 717 g/mol. The van der Waals surface area contributed by atoms with Crippen LogP contribution in [-0.2, 0) is 18.9 Å². The van der Waals surface area contributed by atoms with Crippen LogP contribution in [0, 0.1) is 45.3 Å². The topological polar surface area (TPSA) is 101 Å². The third kappa shape index (κ3) is 6.22. The van der Waals surface area contributed by atoms with Gasteiger partial charge in [0.1, 0.15) is 11.7 Å². The molecule has 12 atom stereocenters. The first kappa shape index (κ1) is 38.3. The molecule has 3 saturated heterocycles. The molecule has 5 aliphatic carbocycles. The van der Waals surface area contributed by atoms with Gasteiger partial charge < -0.3 is 34.1 Å². The summed E-state index contributed by atoms with van der Waals surface area (Å²) in [6, 6.07) is 0.339. The number of hydrogen-bond donors (Lipinski definition) is 2. The number of morpholine rings is 1. The third-order valence-electron chi connectivity index (χ3n) is 16.0. The van der Waals surface area contributed by atoms with Gasteiger partial charge in [0.05, 0.1) is 37.1 Å². The van der Waals surface area contributed by atoms with Crippen LogP contribution in [0.2, 0.25) is 0 Å². The number of fused-ring (bicyclic) bond motifs is 4. The summed E-state index contributed by atoms with van der Waals surface area (Å²) >= 11 is 0. The van der Waals surface area contributed by atoms with Crippen LogP contribution in [0.4, 0.5) is 4.79 Å². The van der Waals surface area contributed by atoms with Crippen LogP contribution in [-0.4, -0.2) is 107 Å². The highest BCUT2D eigenvalue weighted by molar-refractivity contribution is 5.69. The molecule has 51 heavy (non-hydrogen) atoms. The summed E-state index contributed by atoms with van der Waals surface area (Å²) in [4.78, 5) is 16.8. The van der Waals surface area contributed by atoms with Crippen LogP contribution < -0.4 is 0 Å². The SMILES string of the molecule is CC.CC(C)(C)OC(=O)N1CC(N2CCOC(OC3CC[C@]45C[C@]46CCC4(C)C7CCC([C@H](O)C(C)(C)O)OC7CC4C6CCC5C3(C)C)C2)C1. The largest absolute Gasteiger partial charge is 0.444 e. The summed E-state index contributed by atoms with van der Waals surface area (Å²) in [5, 5.41) is 21.4. The van der Waals surface area contributed by atoms with Gasteiger partial charge >= 0.3 is 6.09 Å². The Morgan fingerprint density at radius 3 is 2.27 bits per heavy atom. The van der Waals surface area contributed by atoms with Gasteiger partial charge in [-0.25, -0.2) is 4.79 Å². The summed E-state index contributed by atoms with van der Waals surface area (Å²) in [6.07, 6.45) is 11.0. The van der Waals surface area contributed by atoms with Crippen molar-refractivity contribution < 1.29 is 34.0 Å². The summed E-state index contributed by atoms with van der Waals surface area (Å²) in [5.41, 5.74) is -0.270. The van der Waals surface area contributed by atoms with Crippen molar-refractivity contribution in [2.45, 2.75) is 181 Å². The Labute approximate surface area is 308 Å². The highest BCUT2D eigenvalue weighted by Crippen LogP contribution is 2.87. The van der Waals surface area contributed by atoms with Crippen LogP contribution in [0.3, 0.4) is 0 Å². The molecule has 1 amide bonds. The van der Waals surface area contributed by atoms with Gasteiger partial charge in [0.25, 0.3) is 0 Å². The van der Waals surface area contributed by atoms with Crippen molar-refractivity contribution in [3.05, 3.63) is 0 Å². The number of rotatable bonds is 5. The van der Waals surface area contributed by atoms with Crippen LogP contribution in [0.15, 0.2) is 0 Å². The normalized spacial score (nSPS) is 45.4. The number of hydrogen-bond acceptors (Lipinski definition) is 8. The lowest BCUT2D eigenvalue weighted by Gasteiger charge is -2.60. The van der Waals surface area contributed by atoms with Crippen LogP contribution in [0.1, 0.15) is 133 Å². The minimum absolute atomic E-state index is 0.0936. The minimum atomic E-state index is -1.14. The van der Waals surface area contributed by atoms with E-state index in [1.807, 2.05) is 39.5 Å². The molecule has 8 fully saturated rings. The molecule has 0 aromatic heterocycles. The Morgan fingerprint density at radius 2 is 1.59 bits per heavy atom. The van der Waals surface area contributed by atoms with E-state index in [0.29, 0.717) is 59.7 Å². The number of aliphatic hydroxyl groups excluding tert-OH is 1. The van der Waals surface area contributed by atoms with Crippen molar-refractivity contribution in [1.82, 2.24) is 9.80 Å². The Bertz CT molecular complexity index is 1290.